The van der Waals surface area contributed by atoms with E-state index in [0.717, 1.165) is 42.7 Å². The average molecular weight is 463 g/mol. The fraction of sp³-hybridized carbons (Fsp3) is 0.381. The van der Waals surface area contributed by atoms with Crippen molar-refractivity contribution in [3.8, 4) is 10.6 Å². The van der Waals surface area contributed by atoms with E-state index in [1.54, 1.807) is 0 Å². The summed E-state index contributed by atoms with van der Waals surface area (Å²) in [6.45, 7) is 1.99. The predicted molar refractivity (Wildman–Crippen MR) is 118 cm³/mol. The lowest BCUT2D eigenvalue weighted by Gasteiger charge is -2.18. The van der Waals surface area contributed by atoms with Gasteiger partial charge in [0.15, 0.2) is 5.69 Å². The third-order valence-electron chi connectivity index (χ3n) is 5.36. The highest BCUT2D eigenvalue weighted by molar-refractivity contribution is 7.19. The lowest BCUT2D eigenvalue weighted by Crippen LogP contribution is -2.23. The zero-order valence-corrected chi connectivity index (χ0v) is 18.2. The zero-order chi connectivity index (χ0) is 22.8. The van der Waals surface area contributed by atoms with Crippen LogP contribution in [0.1, 0.15) is 42.4 Å². The number of carbonyl (C=O) groups excluding carboxylic acids is 1. The van der Waals surface area contributed by atoms with E-state index in [1.807, 2.05) is 6.92 Å². The molecule has 1 saturated heterocycles. The van der Waals surface area contributed by atoms with Crippen LogP contribution < -0.4 is 16.8 Å². The molecule has 1 amide bonds. The fourth-order valence-corrected chi connectivity index (χ4v) is 4.71. The molecular weight excluding hydrogens is 438 g/mol. The number of nitrogens with one attached hydrogen (secondary N) is 2. The first kappa shape index (κ1) is 22.3. The molecule has 1 aliphatic rings. The topological polar surface area (TPSA) is 132 Å². The van der Waals surface area contributed by atoms with Gasteiger partial charge in [-0.1, -0.05) is 17.4 Å². The number of halogens is 2. The fourth-order valence-electron chi connectivity index (χ4n) is 3.84. The molecule has 1 aromatic carbocycles. The Bertz CT molecular complexity index is 1100. The van der Waals surface area contributed by atoms with Crippen molar-refractivity contribution in [3.05, 3.63) is 47.4 Å². The molecule has 0 radical (unpaired) electrons. The van der Waals surface area contributed by atoms with E-state index in [9.17, 15) is 13.6 Å². The van der Waals surface area contributed by atoms with E-state index < -0.39 is 17.5 Å². The Labute approximate surface area is 187 Å². The van der Waals surface area contributed by atoms with E-state index in [2.05, 4.69) is 20.5 Å². The monoisotopic (exact) mass is 462 g/mol. The van der Waals surface area contributed by atoms with Gasteiger partial charge in [-0.25, -0.2) is 13.8 Å². The van der Waals surface area contributed by atoms with Crippen molar-refractivity contribution in [1.29, 1.82) is 0 Å². The van der Waals surface area contributed by atoms with Crippen molar-refractivity contribution in [1.82, 2.24) is 15.2 Å². The molecule has 6 N–H and O–H groups in total. The third-order valence-corrected chi connectivity index (χ3v) is 6.26. The van der Waals surface area contributed by atoms with Crippen LogP contribution in [0.25, 0.3) is 10.6 Å². The van der Waals surface area contributed by atoms with Crippen LogP contribution in [0.4, 0.5) is 19.5 Å². The van der Waals surface area contributed by atoms with Crippen molar-refractivity contribution in [3.63, 3.8) is 0 Å². The summed E-state index contributed by atoms with van der Waals surface area (Å²) in [6.07, 6.45) is 4.45. The summed E-state index contributed by atoms with van der Waals surface area (Å²) >= 11 is 0.843. The number of benzene rings is 1. The van der Waals surface area contributed by atoms with Gasteiger partial charge in [-0.15, -0.1) is 0 Å². The van der Waals surface area contributed by atoms with Gasteiger partial charge >= 0.3 is 0 Å². The Morgan fingerprint density at radius 3 is 2.84 bits per heavy atom. The smallest absolute Gasteiger partial charge is 0.277 e. The van der Waals surface area contributed by atoms with Gasteiger partial charge < -0.3 is 21.5 Å². The van der Waals surface area contributed by atoms with E-state index in [1.165, 1.54) is 12.3 Å². The predicted octanol–water partition coefficient (Wildman–Crippen LogP) is 3.47. The van der Waals surface area contributed by atoms with Gasteiger partial charge in [0, 0.05) is 12.5 Å². The highest BCUT2D eigenvalue weighted by Crippen LogP contribution is 2.34. The van der Waals surface area contributed by atoms with Gasteiger partial charge in [0.05, 0.1) is 35.3 Å². The molecule has 4 rings (SSSR count). The lowest BCUT2D eigenvalue weighted by atomic mass is 10.0. The van der Waals surface area contributed by atoms with Crippen molar-refractivity contribution >= 4 is 27.9 Å². The van der Waals surface area contributed by atoms with Crippen molar-refractivity contribution < 1.29 is 18.3 Å². The maximum atomic E-state index is 14.1. The molecule has 11 heteroatoms. The largest absolute Gasteiger partial charge is 0.389 e. The molecular formula is C21H24F2N6O2S. The van der Waals surface area contributed by atoms with Gasteiger partial charge in [0.1, 0.15) is 21.6 Å². The van der Waals surface area contributed by atoms with E-state index >= 15 is 0 Å². The zero-order valence-electron chi connectivity index (χ0n) is 17.4. The number of ether oxygens (including phenoxy) is 1. The van der Waals surface area contributed by atoms with Crippen molar-refractivity contribution in [2.45, 2.75) is 50.9 Å². The maximum Gasteiger partial charge on any atom is 0.277 e. The second-order valence-electron chi connectivity index (χ2n) is 7.89. The molecule has 0 saturated carbocycles. The summed E-state index contributed by atoms with van der Waals surface area (Å²) in [5.74, 6) is -2.15. The summed E-state index contributed by atoms with van der Waals surface area (Å²) in [7, 11) is 0. The minimum Gasteiger partial charge on any atom is -0.389 e. The molecule has 8 nitrogen and oxygen atoms in total. The lowest BCUT2D eigenvalue weighted by molar-refractivity contribution is 0.00177. The van der Waals surface area contributed by atoms with E-state index in [-0.39, 0.29) is 39.5 Å². The SMILES string of the molecule is C[C@@H]1C[C@H](N)CC[C@H](Cc2[nH]ncc2NC(=O)c2nc(-c3c(F)cccc3F)sc2N)O1. The number of H-pyrrole nitrogens is 1. The number of carbonyl (C=O) groups is 1. The second-order valence-corrected chi connectivity index (χ2v) is 8.92. The molecule has 3 atom stereocenters. The number of aromatic amines is 1. The van der Waals surface area contributed by atoms with Crippen LogP contribution in [-0.2, 0) is 11.2 Å². The van der Waals surface area contributed by atoms with Crippen LogP contribution in [0.5, 0.6) is 0 Å². The number of hydrogen-bond acceptors (Lipinski definition) is 7. The Kier molecular flexibility index (Phi) is 6.49. The van der Waals surface area contributed by atoms with Gasteiger partial charge in [-0.05, 0) is 38.3 Å². The highest BCUT2D eigenvalue weighted by Gasteiger charge is 2.25. The number of rotatable bonds is 5. The minimum atomic E-state index is -0.778. The maximum absolute atomic E-state index is 14.1. The molecule has 0 bridgehead atoms. The van der Waals surface area contributed by atoms with Crippen LogP contribution in [0.2, 0.25) is 0 Å². The molecule has 0 aliphatic carbocycles. The summed E-state index contributed by atoms with van der Waals surface area (Å²) < 4.78 is 34.2. The summed E-state index contributed by atoms with van der Waals surface area (Å²) in [6, 6.07) is 3.61. The van der Waals surface area contributed by atoms with Crippen LogP contribution in [-0.4, -0.2) is 39.3 Å². The molecule has 3 heterocycles. The Balaban J connectivity index is 1.50. The molecule has 1 aliphatic heterocycles. The Morgan fingerprint density at radius 2 is 2.09 bits per heavy atom. The molecule has 3 aromatic rings. The number of hydrogen-bond donors (Lipinski definition) is 4. The van der Waals surface area contributed by atoms with Crippen LogP contribution in [0.15, 0.2) is 24.4 Å². The molecule has 170 valence electrons. The number of thiazole rings is 1. The van der Waals surface area contributed by atoms with Gasteiger partial charge in [0.2, 0.25) is 0 Å². The Hall–Kier alpha value is -2.89. The van der Waals surface area contributed by atoms with Crippen LogP contribution in [0, 0.1) is 11.6 Å². The van der Waals surface area contributed by atoms with Crippen LogP contribution in [0.3, 0.4) is 0 Å². The minimum absolute atomic E-state index is 0.00662. The quantitative estimate of drug-likeness (QED) is 0.459. The van der Waals surface area contributed by atoms with E-state index in [0.29, 0.717) is 17.8 Å². The van der Waals surface area contributed by atoms with E-state index in [4.69, 9.17) is 16.2 Å². The first-order valence-corrected chi connectivity index (χ1v) is 11.1. The number of anilines is 2. The van der Waals surface area contributed by atoms with Crippen molar-refractivity contribution in [2.24, 2.45) is 5.73 Å². The first-order chi connectivity index (χ1) is 15.3. The normalized spacial score (nSPS) is 21.3. The van der Waals surface area contributed by atoms with Gasteiger partial charge in [-0.3, -0.25) is 9.89 Å². The summed E-state index contributed by atoms with van der Waals surface area (Å²) in [5, 5.41) is 9.69. The molecule has 0 unspecified atom stereocenters. The van der Waals surface area contributed by atoms with Gasteiger partial charge in [-0.2, -0.15) is 5.10 Å². The molecule has 32 heavy (non-hydrogen) atoms. The second kappa shape index (κ2) is 9.31. The number of nitrogen functional groups attached to an aromatic ring is 1. The standard InChI is InChI=1S/C21H24F2N6O2S/c1-10-7-11(24)5-6-12(31-10)8-15-16(9-26-29-15)27-20(30)18-19(25)32-21(28-18)17-13(22)3-2-4-14(17)23/h2-4,9-12H,5-8,24-25H2,1H3,(H,26,29)(H,27,30)/t10-,11-,12-/m1/s1. The van der Waals surface area contributed by atoms with Crippen molar-refractivity contribution in [2.75, 3.05) is 11.1 Å². The molecule has 0 spiro atoms. The third kappa shape index (κ3) is 4.79. The number of nitrogens with two attached hydrogens (primary N) is 2. The average Bonchev–Trinajstić information content (AvgIpc) is 3.27. The number of amides is 1. The van der Waals surface area contributed by atoms with Gasteiger partial charge in [0.25, 0.3) is 5.91 Å². The summed E-state index contributed by atoms with van der Waals surface area (Å²) in [4.78, 5) is 16.9. The highest BCUT2D eigenvalue weighted by atomic mass is 32.1. The Morgan fingerprint density at radius 1 is 1.34 bits per heavy atom. The van der Waals surface area contributed by atoms with Crippen LogP contribution >= 0.6 is 11.3 Å². The molecule has 1 fully saturated rings. The number of nitrogens with zero attached hydrogens (tertiary/aromatic N) is 2. The number of aromatic nitrogens is 3. The molecule has 2 aromatic heterocycles. The first-order valence-electron chi connectivity index (χ1n) is 10.3. The summed E-state index contributed by atoms with van der Waals surface area (Å²) in [5.41, 5.74) is 12.7.